The summed E-state index contributed by atoms with van der Waals surface area (Å²) in [7, 11) is 0. The molecule has 136 valence electrons. The van der Waals surface area contributed by atoms with Crippen LogP contribution < -0.4 is 4.74 Å². The molecular formula is C21H28Br2OSn. The van der Waals surface area contributed by atoms with Crippen molar-refractivity contribution in [3.63, 3.8) is 0 Å². The Balaban J connectivity index is 1.52. The van der Waals surface area contributed by atoms with E-state index in [9.17, 15) is 0 Å². The molecule has 0 spiro atoms. The number of hydrogen-bond donors (Lipinski definition) is 0. The van der Waals surface area contributed by atoms with Crippen molar-refractivity contribution < 1.29 is 4.74 Å². The van der Waals surface area contributed by atoms with Gasteiger partial charge in [0.25, 0.3) is 0 Å². The van der Waals surface area contributed by atoms with Gasteiger partial charge in [-0.2, -0.15) is 0 Å². The zero-order valence-electron chi connectivity index (χ0n) is 14.8. The maximum absolute atomic E-state index is 5.88. The van der Waals surface area contributed by atoms with Crippen molar-refractivity contribution in [3.8, 4) is 16.9 Å². The van der Waals surface area contributed by atoms with Crippen LogP contribution in [0.15, 0.2) is 54.6 Å². The Morgan fingerprint density at radius 2 is 1.44 bits per heavy atom. The molecule has 0 bridgehead atoms. The van der Waals surface area contributed by atoms with Gasteiger partial charge in [0.2, 0.25) is 0 Å². The van der Waals surface area contributed by atoms with Crippen LogP contribution in [0.3, 0.4) is 0 Å². The molecule has 0 aliphatic heterocycles. The average molecular weight is 575 g/mol. The third-order valence-corrected chi connectivity index (χ3v) is 10.9. The third-order valence-electron chi connectivity index (χ3n) is 4.30. The van der Waals surface area contributed by atoms with Gasteiger partial charge >= 0.3 is 162 Å². The normalized spacial score (nSPS) is 11.5. The van der Waals surface area contributed by atoms with E-state index in [-0.39, 0.29) is 0 Å². The minimum atomic E-state index is -0.436. The molecule has 0 fully saturated rings. The Morgan fingerprint density at radius 1 is 0.760 bits per heavy atom. The molecule has 0 amide bonds. The van der Waals surface area contributed by atoms with Crippen molar-refractivity contribution in [2.75, 3.05) is 6.61 Å². The minimum absolute atomic E-state index is 0.436. The summed E-state index contributed by atoms with van der Waals surface area (Å²) in [5.74, 6) is 0.984. The van der Waals surface area contributed by atoms with Gasteiger partial charge in [0.05, 0.1) is 0 Å². The Morgan fingerprint density at radius 3 is 2.16 bits per heavy atom. The third kappa shape index (κ3) is 9.48. The van der Waals surface area contributed by atoms with E-state index in [4.69, 9.17) is 4.74 Å². The molecule has 0 atom stereocenters. The summed E-state index contributed by atoms with van der Waals surface area (Å²) < 4.78 is 9.51. The van der Waals surface area contributed by atoms with Gasteiger partial charge in [-0.3, -0.25) is 0 Å². The SMILES string of the molecule is BrC(Br)CC[CH2][SnH2][CH2]CCCCOc1ccc(-c2ccccc2)cc1. The first-order valence-corrected chi connectivity index (χ1v) is 16.9. The van der Waals surface area contributed by atoms with E-state index in [1.165, 1.54) is 43.2 Å². The molecule has 2 rings (SSSR count). The predicted molar refractivity (Wildman–Crippen MR) is 120 cm³/mol. The summed E-state index contributed by atoms with van der Waals surface area (Å²) in [6, 6.07) is 18.9. The van der Waals surface area contributed by atoms with Crippen LogP contribution in [0, 0.1) is 0 Å². The number of ether oxygens (including phenoxy) is 1. The number of hydrogen-bond acceptors (Lipinski definition) is 1. The zero-order chi connectivity index (χ0) is 17.7. The van der Waals surface area contributed by atoms with Crippen LogP contribution in [0.5, 0.6) is 5.75 Å². The number of alkyl halides is 2. The van der Waals surface area contributed by atoms with E-state index >= 15 is 0 Å². The second-order valence-corrected chi connectivity index (χ2v) is 15.9. The molecule has 0 aliphatic carbocycles. The van der Waals surface area contributed by atoms with Gasteiger partial charge in [0.1, 0.15) is 0 Å². The average Bonchev–Trinajstić information content (AvgIpc) is 2.64. The molecule has 4 heteroatoms. The molecule has 25 heavy (non-hydrogen) atoms. The topological polar surface area (TPSA) is 9.23 Å². The van der Waals surface area contributed by atoms with Gasteiger partial charge in [0.15, 0.2) is 0 Å². The zero-order valence-corrected chi connectivity index (χ0v) is 22.0. The Bertz CT molecular complexity index is 572. The summed E-state index contributed by atoms with van der Waals surface area (Å²) >= 11 is 6.66. The van der Waals surface area contributed by atoms with Crippen LogP contribution in [0.4, 0.5) is 0 Å². The molecule has 2 aromatic carbocycles. The number of benzene rings is 2. The molecule has 0 aliphatic rings. The molecule has 1 nitrogen and oxygen atoms in total. The maximum atomic E-state index is 5.88. The van der Waals surface area contributed by atoms with E-state index in [2.05, 4.69) is 80.4 Å². The van der Waals surface area contributed by atoms with E-state index in [0.29, 0.717) is 3.74 Å². The van der Waals surface area contributed by atoms with Crippen LogP contribution in [-0.2, 0) is 0 Å². The number of rotatable bonds is 12. The van der Waals surface area contributed by atoms with Gasteiger partial charge in [-0.05, 0) is 0 Å². The monoisotopic (exact) mass is 574 g/mol. The Labute approximate surface area is 179 Å². The fourth-order valence-corrected chi connectivity index (χ4v) is 8.36. The fraction of sp³-hybridized carbons (Fsp3) is 0.429. The van der Waals surface area contributed by atoms with Crippen molar-refractivity contribution in [1.82, 2.24) is 0 Å². The first-order chi connectivity index (χ1) is 12.3. The predicted octanol–water partition coefficient (Wildman–Crippen LogP) is 6.80. The van der Waals surface area contributed by atoms with E-state index < -0.39 is 21.1 Å². The second-order valence-electron chi connectivity index (χ2n) is 6.39. The molecule has 0 heterocycles. The molecule has 0 unspecified atom stereocenters. The first kappa shape index (κ1) is 21.3. The molecule has 2 aromatic rings. The summed E-state index contributed by atoms with van der Waals surface area (Å²) in [5, 5.41) is 0. The Hall–Kier alpha value is -0.00130. The second kappa shape index (κ2) is 13.2. The van der Waals surface area contributed by atoms with Crippen LogP contribution in [0.2, 0.25) is 8.87 Å². The summed E-state index contributed by atoms with van der Waals surface area (Å²) in [5.41, 5.74) is 2.50. The van der Waals surface area contributed by atoms with Gasteiger partial charge in [0, 0.05) is 0 Å². The molecule has 0 aromatic heterocycles. The standard InChI is InChI=1S/C17H19O.C4H7Br2.Sn.2H/c1-2-3-7-14-18-17-12-10-16(11-13-17)15-8-5-4-6-9-15;1-2-3-4(5)6;;;/h4-6,8-13H,1-3,7,14H2;4H,1-3H2;;;. The van der Waals surface area contributed by atoms with Crippen molar-refractivity contribution in [3.05, 3.63) is 54.6 Å². The number of halogens is 2. The van der Waals surface area contributed by atoms with Gasteiger partial charge < -0.3 is 0 Å². The summed E-state index contributed by atoms with van der Waals surface area (Å²) in [6.45, 7) is 0.842. The quantitative estimate of drug-likeness (QED) is 0.154. The first-order valence-electron chi connectivity index (χ1n) is 9.32. The van der Waals surface area contributed by atoms with E-state index in [0.717, 1.165) is 12.4 Å². The van der Waals surface area contributed by atoms with Crippen molar-refractivity contribution >= 4 is 53.0 Å². The molecule has 0 saturated carbocycles. The van der Waals surface area contributed by atoms with Gasteiger partial charge in [-0.15, -0.1) is 0 Å². The van der Waals surface area contributed by atoms with Crippen LogP contribution in [0.25, 0.3) is 11.1 Å². The molecule has 0 N–H and O–H groups in total. The Kier molecular flexibility index (Phi) is 11.3. The molecule has 0 saturated heterocycles. The van der Waals surface area contributed by atoms with Gasteiger partial charge in [-0.1, -0.05) is 18.2 Å². The van der Waals surface area contributed by atoms with Crippen molar-refractivity contribution in [1.29, 1.82) is 0 Å². The fourth-order valence-electron chi connectivity index (χ4n) is 2.85. The summed E-state index contributed by atoms with van der Waals surface area (Å²) in [4.78, 5) is 0. The molecular weight excluding hydrogens is 547 g/mol. The van der Waals surface area contributed by atoms with Gasteiger partial charge in [-0.25, -0.2) is 0 Å². The van der Waals surface area contributed by atoms with E-state index in [1.54, 1.807) is 8.87 Å². The molecule has 0 radical (unpaired) electrons. The van der Waals surface area contributed by atoms with Crippen LogP contribution in [-0.4, -0.2) is 31.5 Å². The van der Waals surface area contributed by atoms with E-state index in [1.807, 2.05) is 6.07 Å². The van der Waals surface area contributed by atoms with Crippen molar-refractivity contribution in [2.24, 2.45) is 0 Å². The number of unbranched alkanes of at least 4 members (excludes halogenated alkanes) is 2. The van der Waals surface area contributed by atoms with Crippen LogP contribution in [0.1, 0.15) is 32.1 Å². The summed E-state index contributed by atoms with van der Waals surface area (Å²) in [6.07, 6.45) is 6.58. The van der Waals surface area contributed by atoms with Crippen molar-refractivity contribution in [2.45, 2.75) is 44.7 Å². The van der Waals surface area contributed by atoms with Crippen LogP contribution >= 0.6 is 31.9 Å².